The van der Waals surface area contributed by atoms with Crippen molar-refractivity contribution < 1.29 is 28.4 Å². The molecule has 0 aromatic heterocycles. The fourth-order valence-corrected chi connectivity index (χ4v) is 2.23. The highest BCUT2D eigenvalue weighted by Crippen LogP contribution is 2.28. The lowest BCUT2D eigenvalue weighted by molar-refractivity contribution is -0.385. The first-order valence-corrected chi connectivity index (χ1v) is 7.79. The van der Waals surface area contributed by atoms with Crippen LogP contribution in [0.5, 0.6) is 5.75 Å². The number of rotatable bonds is 7. The fraction of sp³-hybridized carbons (Fsp3) is 0.222. The van der Waals surface area contributed by atoms with E-state index < -0.39 is 23.4 Å². The maximum atomic E-state index is 12.9. The molecule has 0 atom stereocenters. The molecule has 1 amide bonds. The number of halogens is 1. The second kappa shape index (κ2) is 8.75. The maximum Gasteiger partial charge on any atom is 0.337 e. The monoisotopic (exact) mass is 376 g/mol. The molecule has 2 aromatic rings. The Bertz CT molecular complexity index is 853. The molecule has 2 aromatic carbocycles. The zero-order valence-corrected chi connectivity index (χ0v) is 14.7. The Kier molecular flexibility index (Phi) is 6.42. The van der Waals surface area contributed by atoms with Crippen LogP contribution in [0.1, 0.15) is 15.9 Å². The number of nitro benzene ring substituents is 1. The summed E-state index contributed by atoms with van der Waals surface area (Å²) < 4.78 is 22.8. The quantitative estimate of drug-likeness (QED) is 0.418. The van der Waals surface area contributed by atoms with E-state index in [1.807, 2.05) is 0 Å². The SMILES string of the molecule is COC(=O)c1ccc([N+](=O)[O-])c(OCC(=O)N(C)Cc2ccc(F)cc2)c1. The smallest absolute Gasteiger partial charge is 0.337 e. The lowest BCUT2D eigenvalue weighted by Crippen LogP contribution is -2.31. The summed E-state index contributed by atoms with van der Waals surface area (Å²) >= 11 is 0. The predicted octanol–water partition coefficient (Wildman–Crippen LogP) is 2.56. The van der Waals surface area contributed by atoms with E-state index in [9.17, 15) is 24.1 Å². The van der Waals surface area contributed by atoms with Crippen molar-refractivity contribution in [2.45, 2.75) is 6.54 Å². The number of likely N-dealkylation sites (N-methyl/N-ethyl adjacent to an activating group) is 1. The average Bonchev–Trinajstić information content (AvgIpc) is 2.66. The molecular weight excluding hydrogens is 359 g/mol. The van der Waals surface area contributed by atoms with Crippen LogP contribution in [0.3, 0.4) is 0 Å². The largest absolute Gasteiger partial charge is 0.477 e. The van der Waals surface area contributed by atoms with Crippen molar-refractivity contribution in [1.29, 1.82) is 0 Å². The van der Waals surface area contributed by atoms with E-state index in [1.54, 1.807) is 12.1 Å². The molecule has 9 heteroatoms. The van der Waals surface area contributed by atoms with Crippen molar-refractivity contribution >= 4 is 17.6 Å². The average molecular weight is 376 g/mol. The first kappa shape index (κ1) is 19.8. The summed E-state index contributed by atoms with van der Waals surface area (Å²) in [7, 11) is 2.70. The molecule has 0 aliphatic rings. The number of nitrogens with zero attached hydrogens (tertiary/aromatic N) is 2. The van der Waals surface area contributed by atoms with Gasteiger partial charge in [0.1, 0.15) is 5.82 Å². The van der Waals surface area contributed by atoms with Crippen LogP contribution in [0.15, 0.2) is 42.5 Å². The molecule has 0 unspecified atom stereocenters. The van der Waals surface area contributed by atoms with Crippen LogP contribution in [-0.4, -0.2) is 42.5 Å². The summed E-state index contributed by atoms with van der Waals surface area (Å²) in [6.45, 7) is -0.254. The second-order valence-corrected chi connectivity index (χ2v) is 5.60. The molecular formula is C18H17FN2O6. The predicted molar refractivity (Wildman–Crippen MR) is 92.8 cm³/mol. The van der Waals surface area contributed by atoms with Crippen LogP contribution in [-0.2, 0) is 16.1 Å². The molecule has 0 aliphatic carbocycles. The van der Waals surface area contributed by atoms with Gasteiger partial charge in [0.05, 0.1) is 17.6 Å². The number of carbonyl (C=O) groups is 2. The Balaban J connectivity index is 2.07. The molecule has 0 bridgehead atoms. The molecule has 0 radical (unpaired) electrons. The lowest BCUT2D eigenvalue weighted by atomic mass is 10.2. The Morgan fingerprint density at radius 3 is 2.44 bits per heavy atom. The molecule has 0 N–H and O–H groups in total. The first-order valence-electron chi connectivity index (χ1n) is 7.79. The van der Waals surface area contributed by atoms with Gasteiger partial charge < -0.3 is 14.4 Å². The molecule has 0 saturated carbocycles. The summed E-state index contributed by atoms with van der Waals surface area (Å²) in [4.78, 5) is 35.5. The van der Waals surface area contributed by atoms with Crippen molar-refractivity contribution in [1.82, 2.24) is 4.90 Å². The second-order valence-electron chi connectivity index (χ2n) is 5.60. The van der Waals surface area contributed by atoms with Gasteiger partial charge in [-0.25, -0.2) is 9.18 Å². The number of amides is 1. The standard InChI is InChI=1S/C18H17FN2O6/c1-20(10-12-3-6-14(19)7-4-12)17(22)11-27-16-9-13(18(23)26-2)5-8-15(16)21(24)25/h3-9H,10-11H2,1-2H3. The van der Waals surface area contributed by atoms with Crippen molar-refractivity contribution in [2.24, 2.45) is 0 Å². The van der Waals surface area contributed by atoms with Crippen LogP contribution in [0.25, 0.3) is 0 Å². The molecule has 2 rings (SSSR count). The summed E-state index contributed by atoms with van der Waals surface area (Å²) in [5.41, 5.74) is 0.396. The van der Waals surface area contributed by atoms with Crippen LogP contribution >= 0.6 is 0 Å². The summed E-state index contributed by atoms with van der Waals surface area (Å²) in [5.74, 6) is -1.73. The van der Waals surface area contributed by atoms with Gasteiger partial charge in [0.2, 0.25) is 0 Å². The third kappa shape index (κ3) is 5.24. The Labute approximate surface area is 154 Å². The van der Waals surface area contributed by atoms with E-state index in [0.29, 0.717) is 5.56 Å². The van der Waals surface area contributed by atoms with Gasteiger partial charge in [-0.1, -0.05) is 12.1 Å². The molecule has 0 saturated heterocycles. The minimum absolute atomic E-state index is 0.0604. The highest BCUT2D eigenvalue weighted by Gasteiger charge is 2.20. The normalized spacial score (nSPS) is 10.2. The third-order valence-corrected chi connectivity index (χ3v) is 3.69. The summed E-state index contributed by atoms with van der Waals surface area (Å²) in [6, 6.07) is 9.15. The molecule has 0 heterocycles. The highest BCUT2D eigenvalue weighted by molar-refractivity contribution is 5.90. The summed E-state index contributed by atoms with van der Waals surface area (Å²) in [6.07, 6.45) is 0. The van der Waals surface area contributed by atoms with Gasteiger partial charge in [0.25, 0.3) is 5.91 Å². The molecule has 0 aliphatic heterocycles. The van der Waals surface area contributed by atoms with Gasteiger partial charge >= 0.3 is 11.7 Å². The van der Waals surface area contributed by atoms with Gasteiger partial charge in [-0.2, -0.15) is 0 Å². The topological polar surface area (TPSA) is 99.0 Å². The maximum absolute atomic E-state index is 12.9. The van der Waals surface area contributed by atoms with Gasteiger partial charge in [-0.15, -0.1) is 0 Å². The molecule has 8 nitrogen and oxygen atoms in total. The zero-order valence-electron chi connectivity index (χ0n) is 14.7. The van der Waals surface area contributed by atoms with Crippen LogP contribution in [0.2, 0.25) is 0 Å². The van der Waals surface area contributed by atoms with Crippen molar-refractivity contribution in [3.05, 3.63) is 69.5 Å². The third-order valence-electron chi connectivity index (χ3n) is 3.69. The van der Waals surface area contributed by atoms with Crippen molar-refractivity contribution in [2.75, 3.05) is 20.8 Å². The van der Waals surface area contributed by atoms with E-state index in [0.717, 1.165) is 12.1 Å². The number of hydrogen-bond acceptors (Lipinski definition) is 6. The summed E-state index contributed by atoms with van der Waals surface area (Å²) in [5, 5.41) is 11.1. The van der Waals surface area contributed by atoms with E-state index in [4.69, 9.17) is 4.74 Å². The van der Waals surface area contributed by atoms with E-state index in [2.05, 4.69) is 4.74 Å². The Hall–Kier alpha value is -3.49. The number of esters is 1. The number of hydrogen-bond donors (Lipinski definition) is 0. The van der Waals surface area contributed by atoms with Gasteiger partial charge in [0.15, 0.2) is 12.4 Å². The molecule has 0 spiro atoms. The van der Waals surface area contributed by atoms with Gasteiger partial charge in [-0.05, 0) is 23.8 Å². The number of ether oxygens (including phenoxy) is 2. The zero-order chi connectivity index (χ0) is 20.0. The van der Waals surface area contributed by atoms with E-state index in [-0.39, 0.29) is 29.4 Å². The van der Waals surface area contributed by atoms with Crippen LogP contribution in [0.4, 0.5) is 10.1 Å². The minimum Gasteiger partial charge on any atom is -0.477 e. The number of benzene rings is 2. The van der Waals surface area contributed by atoms with E-state index >= 15 is 0 Å². The van der Waals surface area contributed by atoms with Crippen molar-refractivity contribution in [3.63, 3.8) is 0 Å². The number of methoxy groups -OCH3 is 1. The molecule has 27 heavy (non-hydrogen) atoms. The Morgan fingerprint density at radius 1 is 1.19 bits per heavy atom. The molecule has 142 valence electrons. The lowest BCUT2D eigenvalue weighted by Gasteiger charge is -2.17. The van der Waals surface area contributed by atoms with Gasteiger partial charge in [-0.3, -0.25) is 14.9 Å². The van der Waals surface area contributed by atoms with Gasteiger partial charge in [0, 0.05) is 25.7 Å². The van der Waals surface area contributed by atoms with Crippen molar-refractivity contribution in [3.8, 4) is 5.75 Å². The minimum atomic E-state index is -0.686. The number of nitro groups is 1. The van der Waals surface area contributed by atoms with Crippen LogP contribution in [0, 0.1) is 15.9 Å². The fourth-order valence-electron chi connectivity index (χ4n) is 2.23. The first-order chi connectivity index (χ1) is 12.8. The number of carbonyl (C=O) groups excluding carboxylic acids is 2. The van der Waals surface area contributed by atoms with E-state index in [1.165, 1.54) is 37.3 Å². The Morgan fingerprint density at radius 2 is 1.85 bits per heavy atom. The van der Waals surface area contributed by atoms with Crippen LogP contribution < -0.4 is 4.74 Å². The highest BCUT2D eigenvalue weighted by atomic mass is 19.1. The molecule has 0 fully saturated rings.